The summed E-state index contributed by atoms with van der Waals surface area (Å²) in [6.45, 7) is 2.69. The van der Waals surface area contributed by atoms with Gasteiger partial charge in [0.1, 0.15) is 0 Å². The van der Waals surface area contributed by atoms with E-state index in [1.165, 1.54) is 31.4 Å². The van der Waals surface area contributed by atoms with Crippen molar-refractivity contribution >= 4 is 38.9 Å². The summed E-state index contributed by atoms with van der Waals surface area (Å²) in [5.41, 5.74) is 0.291. The molecule has 1 heterocycles. The maximum absolute atomic E-state index is 12.3. The molecule has 1 aliphatic rings. The number of nitrogens with one attached hydrogen (secondary N) is 1. The molecule has 1 atom stereocenters. The van der Waals surface area contributed by atoms with Gasteiger partial charge < -0.3 is 10.1 Å². The van der Waals surface area contributed by atoms with E-state index in [-0.39, 0.29) is 33.5 Å². The van der Waals surface area contributed by atoms with Gasteiger partial charge >= 0.3 is 0 Å². The third-order valence-corrected chi connectivity index (χ3v) is 6.65. The van der Waals surface area contributed by atoms with Crippen LogP contribution in [-0.4, -0.2) is 38.5 Å². The molecule has 1 aliphatic heterocycles. The Bertz CT molecular complexity index is 714. The topological polar surface area (TPSA) is 72.5 Å². The lowest BCUT2D eigenvalue weighted by molar-refractivity contribution is 0.0941. The fourth-order valence-electron chi connectivity index (χ4n) is 2.89. The number of amides is 1. The van der Waals surface area contributed by atoms with E-state index in [9.17, 15) is 13.2 Å². The first-order chi connectivity index (χ1) is 12.3. The van der Waals surface area contributed by atoms with Crippen molar-refractivity contribution in [3.63, 3.8) is 0 Å². The van der Waals surface area contributed by atoms with Gasteiger partial charge in [-0.15, -0.1) is 0 Å². The van der Waals surface area contributed by atoms with E-state index in [1.807, 2.05) is 0 Å². The normalized spacial score (nSPS) is 18.7. The predicted molar refractivity (Wildman–Crippen MR) is 105 cm³/mol. The van der Waals surface area contributed by atoms with E-state index in [2.05, 4.69) is 12.2 Å². The molecule has 5 nitrogen and oxygen atoms in total. The molecule has 146 valence electrons. The van der Waals surface area contributed by atoms with Gasteiger partial charge in [-0.2, -0.15) is 0 Å². The molecule has 1 fully saturated rings. The van der Waals surface area contributed by atoms with E-state index in [4.69, 9.17) is 27.9 Å². The number of carbonyl (C=O) groups excluding carboxylic acids is 1. The third kappa shape index (κ3) is 6.32. The second-order valence-electron chi connectivity index (χ2n) is 6.61. The highest BCUT2D eigenvalue weighted by Crippen LogP contribution is 2.34. The molecular formula is C18H25Cl2NO4S. The molecule has 2 rings (SSSR count). The highest BCUT2D eigenvalue weighted by molar-refractivity contribution is 7.91. The smallest absolute Gasteiger partial charge is 0.251 e. The Labute approximate surface area is 165 Å². The second kappa shape index (κ2) is 9.81. The minimum atomic E-state index is -3.05. The highest BCUT2D eigenvalue weighted by Gasteiger charge is 2.29. The monoisotopic (exact) mass is 421 g/mol. The van der Waals surface area contributed by atoms with Crippen LogP contribution in [0.2, 0.25) is 10.0 Å². The summed E-state index contributed by atoms with van der Waals surface area (Å²) < 4.78 is 28.6. The molecule has 1 amide bonds. The van der Waals surface area contributed by atoms with Crippen LogP contribution in [0.15, 0.2) is 12.1 Å². The molecule has 1 N–H and O–H groups in total. The molecule has 0 saturated carbocycles. The molecule has 26 heavy (non-hydrogen) atoms. The van der Waals surface area contributed by atoms with E-state index in [0.717, 1.165) is 12.8 Å². The number of unbranched alkanes of at least 4 members (excludes halogenated alkanes) is 4. The molecular weight excluding hydrogens is 397 g/mol. The van der Waals surface area contributed by atoms with Crippen molar-refractivity contribution in [2.24, 2.45) is 0 Å². The zero-order valence-electron chi connectivity index (χ0n) is 14.9. The van der Waals surface area contributed by atoms with Crippen molar-refractivity contribution in [1.29, 1.82) is 0 Å². The second-order valence-corrected chi connectivity index (χ2v) is 9.65. The summed E-state index contributed by atoms with van der Waals surface area (Å²) in [7, 11) is -3.05. The maximum Gasteiger partial charge on any atom is 0.251 e. The van der Waals surface area contributed by atoms with Crippen LogP contribution in [0.4, 0.5) is 0 Å². The lowest BCUT2D eigenvalue weighted by Gasteiger charge is -2.14. The predicted octanol–water partition coefficient (Wildman–Crippen LogP) is 4.26. The fraction of sp³-hybridized carbons (Fsp3) is 0.611. The van der Waals surface area contributed by atoms with E-state index in [1.54, 1.807) is 0 Å². The van der Waals surface area contributed by atoms with Crippen LogP contribution in [0.3, 0.4) is 0 Å². The molecule has 0 spiro atoms. The largest absolute Gasteiger partial charge is 0.490 e. The van der Waals surface area contributed by atoms with Gasteiger partial charge in [0.15, 0.2) is 15.6 Å². The van der Waals surface area contributed by atoms with Crippen molar-refractivity contribution in [3.05, 3.63) is 27.7 Å². The number of hydrogen-bond acceptors (Lipinski definition) is 4. The Balaban J connectivity index is 1.92. The van der Waals surface area contributed by atoms with Crippen LogP contribution in [0.25, 0.3) is 0 Å². The number of rotatable bonds is 9. The lowest BCUT2D eigenvalue weighted by atomic mass is 10.1. The van der Waals surface area contributed by atoms with E-state index < -0.39 is 9.84 Å². The van der Waals surface area contributed by atoms with Crippen molar-refractivity contribution in [2.45, 2.75) is 51.5 Å². The number of sulfone groups is 1. The quantitative estimate of drug-likeness (QED) is 0.604. The molecule has 8 heteroatoms. The Kier molecular flexibility index (Phi) is 8.05. The van der Waals surface area contributed by atoms with Gasteiger partial charge in [-0.05, 0) is 25.0 Å². The molecule has 0 bridgehead atoms. The average Bonchev–Trinajstić information content (AvgIpc) is 2.91. The van der Waals surface area contributed by atoms with Crippen molar-refractivity contribution < 1.29 is 17.9 Å². The van der Waals surface area contributed by atoms with Crippen LogP contribution in [0, 0.1) is 0 Å². The highest BCUT2D eigenvalue weighted by atomic mass is 35.5. The number of benzene rings is 1. The van der Waals surface area contributed by atoms with Gasteiger partial charge in [0.25, 0.3) is 5.91 Å². The Morgan fingerprint density at radius 1 is 1.19 bits per heavy atom. The lowest BCUT2D eigenvalue weighted by Crippen LogP contribution is -2.35. The third-order valence-electron chi connectivity index (χ3n) is 4.32. The first-order valence-corrected chi connectivity index (χ1v) is 11.5. The molecule has 1 saturated heterocycles. The van der Waals surface area contributed by atoms with E-state index in [0.29, 0.717) is 24.3 Å². The molecule has 1 unspecified atom stereocenters. The van der Waals surface area contributed by atoms with Crippen molar-refractivity contribution in [3.8, 4) is 5.75 Å². The summed E-state index contributed by atoms with van der Waals surface area (Å²) in [4.78, 5) is 12.3. The van der Waals surface area contributed by atoms with Crippen LogP contribution in [0.1, 0.15) is 55.8 Å². The van der Waals surface area contributed by atoms with Gasteiger partial charge in [-0.3, -0.25) is 4.79 Å². The first kappa shape index (κ1) is 21.3. The zero-order chi connectivity index (χ0) is 19.2. The Morgan fingerprint density at radius 3 is 2.42 bits per heavy atom. The standard InChI is InChI=1S/C18H25Cl2NO4S/c1-2-3-4-5-6-8-25-17-15(19)10-13(11-16(17)20)18(22)21-14-7-9-26(23,24)12-14/h10-11,14H,2-9,12H2,1H3,(H,21,22). The maximum atomic E-state index is 12.3. The summed E-state index contributed by atoms with van der Waals surface area (Å²) in [6.07, 6.45) is 6.02. The Morgan fingerprint density at radius 2 is 1.85 bits per heavy atom. The summed E-state index contributed by atoms with van der Waals surface area (Å²) in [5, 5.41) is 3.27. The Hall–Kier alpha value is -0.980. The summed E-state index contributed by atoms with van der Waals surface area (Å²) in [5.74, 6) is 0.0648. The number of ether oxygens (including phenoxy) is 1. The SMILES string of the molecule is CCCCCCCOc1c(Cl)cc(C(=O)NC2CCS(=O)(=O)C2)cc1Cl. The van der Waals surface area contributed by atoms with Crippen molar-refractivity contribution in [2.75, 3.05) is 18.1 Å². The zero-order valence-corrected chi connectivity index (χ0v) is 17.2. The minimum Gasteiger partial charge on any atom is -0.490 e. The summed E-state index contributed by atoms with van der Waals surface area (Å²) >= 11 is 12.4. The van der Waals surface area contributed by atoms with Gasteiger partial charge in [0.05, 0.1) is 28.2 Å². The van der Waals surface area contributed by atoms with Crippen LogP contribution in [0.5, 0.6) is 5.75 Å². The molecule has 1 aromatic rings. The molecule has 0 aromatic heterocycles. The average molecular weight is 422 g/mol. The number of halogens is 2. The number of hydrogen-bond donors (Lipinski definition) is 1. The van der Waals surface area contributed by atoms with E-state index >= 15 is 0 Å². The molecule has 1 aromatic carbocycles. The molecule has 0 radical (unpaired) electrons. The minimum absolute atomic E-state index is 0.0283. The van der Waals surface area contributed by atoms with Crippen molar-refractivity contribution in [1.82, 2.24) is 5.32 Å². The molecule has 0 aliphatic carbocycles. The van der Waals surface area contributed by atoms with Gasteiger partial charge in [-0.25, -0.2) is 8.42 Å². The van der Waals surface area contributed by atoms with Crippen LogP contribution >= 0.6 is 23.2 Å². The van der Waals surface area contributed by atoms with Gasteiger partial charge in [0.2, 0.25) is 0 Å². The first-order valence-electron chi connectivity index (χ1n) is 8.95. The number of carbonyl (C=O) groups is 1. The van der Waals surface area contributed by atoms with Gasteiger partial charge in [-0.1, -0.05) is 55.8 Å². The fourth-order valence-corrected chi connectivity index (χ4v) is 5.16. The summed E-state index contributed by atoms with van der Waals surface area (Å²) in [6, 6.07) is 2.63. The van der Waals surface area contributed by atoms with Crippen LogP contribution < -0.4 is 10.1 Å². The van der Waals surface area contributed by atoms with Crippen LogP contribution in [-0.2, 0) is 9.84 Å². The van der Waals surface area contributed by atoms with Gasteiger partial charge in [0, 0.05) is 11.6 Å².